The molecule has 0 aliphatic carbocycles. The van der Waals surface area contributed by atoms with Crippen molar-refractivity contribution in [2.24, 2.45) is 0 Å². The third-order valence-corrected chi connectivity index (χ3v) is 8.02. The minimum absolute atomic E-state index is 0.00224. The third kappa shape index (κ3) is 4.89. The Labute approximate surface area is 195 Å². The topological polar surface area (TPSA) is 81.2 Å². The van der Waals surface area contributed by atoms with Crippen LogP contribution in [0.25, 0.3) is 0 Å². The number of benzene rings is 2. The molecule has 0 atom stereocenters. The fraction of sp³-hybridized carbons (Fsp3) is 0.417. The fourth-order valence-electron chi connectivity index (χ4n) is 4.25. The average Bonchev–Trinajstić information content (AvgIpc) is 2.82. The number of likely N-dealkylation sites (N-methyl/N-ethyl adjacent to an activating group) is 1. The van der Waals surface area contributed by atoms with Crippen LogP contribution in [0.1, 0.15) is 17.5 Å². The maximum Gasteiger partial charge on any atom is 0.334 e. The molecule has 33 heavy (non-hydrogen) atoms. The molecule has 9 heteroatoms. The molecule has 2 aromatic rings. The van der Waals surface area contributed by atoms with E-state index in [1.54, 1.807) is 17.0 Å². The molecule has 4 rings (SSSR count). The molecule has 2 aliphatic heterocycles. The second-order valence-corrected chi connectivity index (χ2v) is 10.5. The number of amides is 3. The SMILES string of the molecule is Cc1ccc(S(=O)(=O)N(CC(=O)N2CCCc3ccccc32)C(=O)N2CCN(C)CC2)cc1. The number of rotatable bonds is 4. The first-order valence-corrected chi connectivity index (χ1v) is 12.7. The van der Waals surface area contributed by atoms with Crippen molar-refractivity contribution in [1.29, 1.82) is 0 Å². The Hall–Kier alpha value is -2.91. The number of nitrogens with zero attached hydrogens (tertiary/aromatic N) is 4. The molecule has 1 saturated heterocycles. The zero-order valence-electron chi connectivity index (χ0n) is 19.1. The quantitative estimate of drug-likeness (QED) is 0.685. The highest BCUT2D eigenvalue weighted by atomic mass is 32.2. The van der Waals surface area contributed by atoms with Crippen LogP contribution in [0.4, 0.5) is 10.5 Å². The van der Waals surface area contributed by atoms with Crippen molar-refractivity contribution in [3.05, 3.63) is 59.7 Å². The van der Waals surface area contributed by atoms with Gasteiger partial charge in [0.05, 0.1) is 4.90 Å². The van der Waals surface area contributed by atoms with Crippen molar-refractivity contribution in [1.82, 2.24) is 14.1 Å². The van der Waals surface area contributed by atoms with Gasteiger partial charge in [-0.25, -0.2) is 17.5 Å². The van der Waals surface area contributed by atoms with Crippen LogP contribution in [0.3, 0.4) is 0 Å². The number of piperazine rings is 1. The van der Waals surface area contributed by atoms with Gasteiger partial charge in [0.15, 0.2) is 0 Å². The largest absolute Gasteiger partial charge is 0.334 e. The number of urea groups is 1. The van der Waals surface area contributed by atoms with Crippen LogP contribution < -0.4 is 4.90 Å². The molecule has 0 bridgehead atoms. The highest BCUT2D eigenvalue weighted by Crippen LogP contribution is 2.27. The molecular weight excluding hydrogens is 440 g/mol. The first kappa shape index (κ1) is 23.3. The van der Waals surface area contributed by atoms with Gasteiger partial charge in [0.2, 0.25) is 5.91 Å². The van der Waals surface area contributed by atoms with Gasteiger partial charge in [-0.15, -0.1) is 0 Å². The lowest BCUT2D eigenvalue weighted by molar-refractivity contribution is -0.118. The van der Waals surface area contributed by atoms with E-state index in [9.17, 15) is 18.0 Å². The molecule has 2 aliphatic rings. The summed E-state index contributed by atoms with van der Waals surface area (Å²) >= 11 is 0. The van der Waals surface area contributed by atoms with E-state index < -0.39 is 28.5 Å². The Morgan fingerprint density at radius 2 is 1.61 bits per heavy atom. The molecule has 0 N–H and O–H groups in total. The number of hydrogen-bond donors (Lipinski definition) is 0. The summed E-state index contributed by atoms with van der Waals surface area (Å²) in [5.74, 6) is -0.402. The number of fused-ring (bicyclic) bond motifs is 1. The number of aryl methyl sites for hydroxylation is 2. The summed E-state index contributed by atoms with van der Waals surface area (Å²) in [6.45, 7) is 3.95. The van der Waals surface area contributed by atoms with Crippen molar-refractivity contribution < 1.29 is 18.0 Å². The van der Waals surface area contributed by atoms with Crippen molar-refractivity contribution in [2.45, 2.75) is 24.7 Å². The Bertz CT molecular complexity index is 1130. The van der Waals surface area contributed by atoms with Crippen LogP contribution in [-0.2, 0) is 21.2 Å². The van der Waals surface area contributed by atoms with Gasteiger partial charge in [0, 0.05) is 38.4 Å². The highest BCUT2D eigenvalue weighted by molar-refractivity contribution is 7.89. The molecule has 0 radical (unpaired) electrons. The summed E-state index contributed by atoms with van der Waals surface area (Å²) in [4.78, 5) is 32.0. The van der Waals surface area contributed by atoms with Gasteiger partial charge in [-0.1, -0.05) is 35.9 Å². The summed E-state index contributed by atoms with van der Waals surface area (Å²) in [5, 5.41) is 0. The normalized spacial score (nSPS) is 16.9. The molecule has 0 spiro atoms. The molecule has 3 amide bonds. The van der Waals surface area contributed by atoms with Crippen LogP contribution in [0.5, 0.6) is 0 Å². The van der Waals surface area contributed by atoms with Gasteiger partial charge in [0.1, 0.15) is 6.54 Å². The predicted octanol–water partition coefficient (Wildman–Crippen LogP) is 2.33. The van der Waals surface area contributed by atoms with E-state index in [-0.39, 0.29) is 4.90 Å². The first-order chi connectivity index (χ1) is 15.8. The smallest absolute Gasteiger partial charge is 0.321 e. The van der Waals surface area contributed by atoms with Crippen LogP contribution >= 0.6 is 0 Å². The molecular formula is C24H30N4O4S. The van der Waals surface area contributed by atoms with Gasteiger partial charge in [0.25, 0.3) is 10.0 Å². The summed E-state index contributed by atoms with van der Waals surface area (Å²) in [7, 11) is -2.25. The lowest BCUT2D eigenvalue weighted by Crippen LogP contribution is -2.55. The molecule has 0 unspecified atom stereocenters. The van der Waals surface area contributed by atoms with Crippen LogP contribution in [0.15, 0.2) is 53.4 Å². The van der Waals surface area contributed by atoms with Gasteiger partial charge in [-0.3, -0.25) is 4.79 Å². The maximum atomic E-state index is 13.6. The lowest BCUT2D eigenvalue weighted by atomic mass is 10.0. The zero-order valence-corrected chi connectivity index (χ0v) is 19.9. The Morgan fingerprint density at radius 1 is 0.939 bits per heavy atom. The van der Waals surface area contributed by atoms with Crippen LogP contribution in [-0.4, -0.2) is 80.8 Å². The minimum Gasteiger partial charge on any atom is -0.321 e. The van der Waals surface area contributed by atoms with Gasteiger partial charge in [-0.05, 0) is 50.6 Å². The number of carbonyl (C=O) groups is 2. The van der Waals surface area contributed by atoms with Gasteiger partial charge < -0.3 is 14.7 Å². The minimum atomic E-state index is -4.21. The molecule has 2 heterocycles. The van der Waals surface area contributed by atoms with Crippen LogP contribution in [0, 0.1) is 6.92 Å². The molecule has 1 fully saturated rings. The maximum absolute atomic E-state index is 13.6. The number of carbonyl (C=O) groups excluding carboxylic acids is 2. The van der Waals surface area contributed by atoms with Gasteiger partial charge in [-0.2, -0.15) is 0 Å². The van der Waals surface area contributed by atoms with Crippen molar-refractivity contribution in [2.75, 3.05) is 51.2 Å². The third-order valence-electron chi connectivity index (χ3n) is 6.29. The van der Waals surface area contributed by atoms with Crippen LogP contribution in [0.2, 0.25) is 0 Å². The highest BCUT2D eigenvalue weighted by Gasteiger charge is 2.37. The molecule has 8 nitrogen and oxygen atoms in total. The summed E-state index contributed by atoms with van der Waals surface area (Å²) < 4.78 is 27.9. The van der Waals surface area contributed by atoms with E-state index in [0.29, 0.717) is 32.7 Å². The predicted molar refractivity (Wildman–Crippen MR) is 127 cm³/mol. The molecule has 2 aromatic carbocycles. The van der Waals surface area contributed by atoms with E-state index in [1.807, 2.05) is 38.2 Å². The van der Waals surface area contributed by atoms with E-state index in [0.717, 1.165) is 34.0 Å². The Morgan fingerprint density at radius 3 is 2.30 bits per heavy atom. The first-order valence-electron chi connectivity index (χ1n) is 11.2. The monoisotopic (exact) mass is 470 g/mol. The van der Waals surface area contributed by atoms with Crippen molar-refractivity contribution in [3.8, 4) is 0 Å². The number of sulfonamides is 1. The molecule has 0 saturated carbocycles. The van der Waals surface area contributed by atoms with Crippen molar-refractivity contribution in [3.63, 3.8) is 0 Å². The van der Waals surface area contributed by atoms with E-state index in [1.165, 1.54) is 17.0 Å². The average molecular weight is 471 g/mol. The molecule has 176 valence electrons. The number of anilines is 1. The van der Waals surface area contributed by atoms with E-state index in [2.05, 4.69) is 4.90 Å². The lowest BCUT2D eigenvalue weighted by Gasteiger charge is -2.36. The summed E-state index contributed by atoms with van der Waals surface area (Å²) in [6.07, 6.45) is 1.66. The van der Waals surface area contributed by atoms with E-state index in [4.69, 9.17) is 0 Å². The Balaban J connectivity index is 1.65. The fourth-order valence-corrected chi connectivity index (χ4v) is 5.59. The number of para-hydroxylation sites is 1. The summed E-state index contributed by atoms with van der Waals surface area (Å²) in [5.41, 5.74) is 2.75. The van der Waals surface area contributed by atoms with Gasteiger partial charge >= 0.3 is 6.03 Å². The van der Waals surface area contributed by atoms with E-state index >= 15 is 0 Å². The Kier molecular flexibility index (Phi) is 6.71. The zero-order chi connectivity index (χ0) is 23.6. The summed E-state index contributed by atoms with van der Waals surface area (Å²) in [6, 6.07) is 13.3. The second kappa shape index (κ2) is 9.52. The second-order valence-electron chi connectivity index (χ2n) is 8.68. The molecule has 0 aromatic heterocycles. The van der Waals surface area contributed by atoms with Crippen molar-refractivity contribution >= 4 is 27.6 Å². The number of hydrogen-bond acceptors (Lipinski definition) is 5. The standard InChI is InChI=1S/C24H30N4O4S/c1-19-9-11-21(12-10-19)33(31,32)28(24(30)26-16-14-25(2)15-17-26)18-23(29)27-13-5-7-20-6-3-4-8-22(20)27/h3-4,6,8-12H,5,7,13-18H2,1-2H3.